The summed E-state index contributed by atoms with van der Waals surface area (Å²) in [6.07, 6.45) is 1.07. The molecule has 0 aliphatic rings. The Kier molecular flexibility index (Phi) is 4.62. The highest BCUT2D eigenvalue weighted by Gasteiger charge is 2.12. The van der Waals surface area contributed by atoms with Crippen molar-refractivity contribution in [3.8, 4) is 6.07 Å². The lowest BCUT2D eigenvalue weighted by molar-refractivity contribution is -0.137. The van der Waals surface area contributed by atoms with Crippen LogP contribution in [0.1, 0.15) is 18.4 Å². The van der Waals surface area contributed by atoms with E-state index in [0.717, 1.165) is 0 Å². The van der Waals surface area contributed by atoms with Crippen molar-refractivity contribution in [3.63, 3.8) is 0 Å². The monoisotopic (exact) mass is 269 g/mol. The number of carboxylic acids is 1. The Morgan fingerprint density at radius 2 is 2.22 bits per heavy atom. The Morgan fingerprint density at radius 3 is 2.72 bits per heavy atom. The predicted octanol–water partition coefficient (Wildman–Crippen LogP) is 0.560. The van der Waals surface area contributed by atoms with Gasteiger partial charge in [0.05, 0.1) is 11.3 Å². The summed E-state index contributed by atoms with van der Waals surface area (Å²) in [4.78, 5) is 14.0. The van der Waals surface area contributed by atoms with E-state index in [1.54, 1.807) is 0 Å². The fourth-order valence-electron chi connectivity index (χ4n) is 1.14. The van der Waals surface area contributed by atoms with Gasteiger partial charge in [-0.25, -0.2) is 13.4 Å². The van der Waals surface area contributed by atoms with Crippen molar-refractivity contribution in [2.24, 2.45) is 0 Å². The molecule has 1 aromatic heterocycles. The molecule has 7 nitrogen and oxygen atoms in total. The highest BCUT2D eigenvalue weighted by molar-refractivity contribution is 7.92. The number of nitrogens with zero attached hydrogens (tertiary/aromatic N) is 2. The van der Waals surface area contributed by atoms with Crippen LogP contribution in [0.5, 0.6) is 0 Å². The summed E-state index contributed by atoms with van der Waals surface area (Å²) in [5.74, 6) is -1.23. The Hall–Kier alpha value is -2.14. The molecule has 0 atom stereocenters. The van der Waals surface area contributed by atoms with E-state index in [2.05, 4.69) is 9.71 Å². The van der Waals surface area contributed by atoms with E-state index in [9.17, 15) is 13.2 Å². The molecular formula is C10H11N3O4S. The van der Waals surface area contributed by atoms with Crippen molar-refractivity contribution in [2.45, 2.75) is 12.8 Å². The number of sulfonamides is 1. The lowest BCUT2D eigenvalue weighted by Crippen LogP contribution is -2.18. The van der Waals surface area contributed by atoms with Gasteiger partial charge in [-0.2, -0.15) is 5.26 Å². The first-order chi connectivity index (χ1) is 8.43. The van der Waals surface area contributed by atoms with Crippen LogP contribution in [0.2, 0.25) is 0 Å². The molecule has 18 heavy (non-hydrogen) atoms. The Balaban J connectivity index is 2.59. The smallest absolute Gasteiger partial charge is 0.303 e. The summed E-state index contributed by atoms with van der Waals surface area (Å²) in [7, 11) is -3.61. The molecule has 0 spiro atoms. The van der Waals surface area contributed by atoms with Gasteiger partial charge in [0, 0.05) is 12.6 Å². The second kappa shape index (κ2) is 5.97. The third-order valence-electron chi connectivity index (χ3n) is 1.96. The highest BCUT2D eigenvalue weighted by atomic mass is 32.2. The molecule has 96 valence electrons. The Morgan fingerprint density at radius 1 is 1.50 bits per heavy atom. The van der Waals surface area contributed by atoms with Gasteiger partial charge in [-0.05, 0) is 18.6 Å². The number of nitrogens with one attached hydrogen (secondary N) is 1. The molecule has 1 heterocycles. The van der Waals surface area contributed by atoms with E-state index < -0.39 is 16.0 Å². The Labute approximate surface area is 104 Å². The Bertz CT molecular complexity index is 560. The van der Waals surface area contributed by atoms with Crippen molar-refractivity contribution in [3.05, 3.63) is 23.9 Å². The van der Waals surface area contributed by atoms with E-state index in [0.29, 0.717) is 5.56 Å². The number of nitriles is 1. The average molecular weight is 269 g/mol. The third kappa shape index (κ3) is 4.80. The van der Waals surface area contributed by atoms with E-state index in [1.165, 1.54) is 18.3 Å². The summed E-state index contributed by atoms with van der Waals surface area (Å²) in [6.45, 7) is 0. The molecule has 1 rings (SSSR count). The van der Waals surface area contributed by atoms with Gasteiger partial charge in [0.1, 0.15) is 11.9 Å². The second-order valence-electron chi connectivity index (χ2n) is 3.46. The summed E-state index contributed by atoms with van der Waals surface area (Å²) >= 11 is 0. The molecule has 0 unspecified atom stereocenters. The molecule has 0 aliphatic heterocycles. The summed E-state index contributed by atoms with van der Waals surface area (Å²) in [6, 6.07) is 4.66. The minimum absolute atomic E-state index is 0.0287. The number of carboxylic acid groups (broad SMARTS) is 1. The van der Waals surface area contributed by atoms with Gasteiger partial charge >= 0.3 is 5.97 Å². The predicted molar refractivity (Wildman–Crippen MR) is 63.2 cm³/mol. The zero-order valence-electron chi connectivity index (χ0n) is 9.33. The molecule has 8 heteroatoms. The minimum atomic E-state index is -3.61. The zero-order chi connectivity index (χ0) is 13.6. The number of rotatable bonds is 6. The molecule has 0 amide bonds. The summed E-state index contributed by atoms with van der Waals surface area (Å²) in [5.41, 5.74) is 0.323. The maximum Gasteiger partial charge on any atom is 0.303 e. The van der Waals surface area contributed by atoms with Gasteiger partial charge in [0.15, 0.2) is 0 Å². The summed E-state index contributed by atoms with van der Waals surface area (Å²) in [5, 5.41) is 16.9. The average Bonchev–Trinajstić information content (AvgIpc) is 2.28. The lowest BCUT2D eigenvalue weighted by Gasteiger charge is -2.06. The second-order valence-corrected chi connectivity index (χ2v) is 5.30. The number of aliphatic carboxylic acids is 1. The first kappa shape index (κ1) is 13.9. The molecule has 0 aromatic carbocycles. The topological polar surface area (TPSA) is 120 Å². The van der Waals surface area contributed by atoms with Gasteiger partial charge in [0.2, 0.25) is 10.0 Å². The first-order valence-electron chi connectivity index (χ1n) is 5.01. The van der Waals surface area contributed by atoms with Crippen LogP contribution < -0.4 is 4.72 Å². The van der Waals surface area contributed by atoms with E-state index in [-0.39, 0.29) is 24.4 Å². The maximum absolute atomic E-state index is 11.5. The molecule has 2 N–H and O–H groups in total. The highest BCUT2D eigenvalue weighted by Crippen LogP contribution is 2.07. The number of hydrogen-bond acceptors (Lipinski definition) is 5. The lowest BCUT2D eigenvalue weighted by atomic mass is 10.3. The molecule has 0 radical (unpaired) electrons. The van der Waals surface area contributed by atoms with Gasteiger partial charge in [-0.3, -0.25) is 9.52 Å². The van der Waals surface area contributed by atoms with Gasteiger partial charge in [0.25, 0.3) is 0 Å². The van der Waals surface area contributed by atoms with Crippen LogP contribution >= 0.6 is 0 Å². The molecule has 0 saturated carbocycles. The summed E-state index contributed by atoms with van der Waals surface area (Å²) < 4.78 is 25.3. The van der Waals surface area contributed by atoms with Gasteiger partial charge < -0.3 is 5.11 Å². The zero-order valence-corrected chi connectivity index (χ0v) is 10.1. The van der Waals surface area contributed by atoms with Crippen LogP contribution in [0.3, 0.4) is 0 Å². The standard InChI is InChI=1S/C10H11N3O4S/c11-6-8-3-4-9(12-7-8)13-18(16,17)5-1-2-10(14)15/h3-4,7H,1-2,5H2,(H,12,13)(H,14,15). The first-order valence-corrected chi connectivity index (χ1v) is 6.66. The molecule has 0 aliphatic carbocycles. The number of hydrogen-bond donors (Lipinski definition) is 2. The van der Waals surface area contributed by atoms with Gasteiger partial charge in [-0.1, -0.05) is 0 Å². The van der Waals surface area contributed by atoms with Crippen molar-refractivity contribution in [1.29, 1.82) is 5.26 Å². The van der Waals surface area contributed by atoms with E-state index in [1.807, 2.05) is 6.07 Å². The molecule has 1 aromatic rings. The van der Waals surface area contributed by atoms with E-state index in [4.69, 9.17) is 10.4 Å². The number of aromatic nitrogens is 1. The number of anilines is 1. The van der Waals surface area contributed by atoms with Crippen LogP contribution in [0.25, 0.3) is 0 Å². The number of carbonyl (C=O) groups is 1. The van der Waals surface area contributed by atoms with Crippen molar-refractivity contribution in [2.75, 3.05) is 10.5 Å². The molecular weight excluding hydrogens is 258 g/mol. The van der Waals surface area contributed by atoms with Crippen molar-refractivity contribution in [1.82, 2.24) is 4.98 Å². The SMILES string of the molecule is N#Cc1ccc(NS(=O)(=O)CCCC(=O)O)nc1. The van der Waals surface area contributed by atoms with Crippen LogP contribution in [0, 0.1) is 11.3 Å². The van der Waals surface area contributed by atoms with Crippen LogP contribution in [0.15, 0.2) is 18.3 Å². The van der Waals surface area contributed by atoms with Crippen molar-refractivity contribution < 1.29 is 18.3 Å². The molecule has 0 bridgehead atoms. The van der Waals surface area contributed by atoms with Crippen LogP contribution in [-0.2, 0) is 14.8 Å². The van der Waals surface area contributed by atoms with Crippen molar-refractivity contribution >= 4 is 21.8 Å². The normalized spacial score (nSPS) is 10.6. The molecule has 0 fully saturated rings. The van der Waals surface area contributed by atoms with Crippen LogP contribution in [0.4, 0.5) is 5.82 Å². The molecule has 0 saturated heterocycles. The van der Waals surface area contributed by atoms with Gasteiger partial charge in [-0.15, -0.1) is 0 Å². The van der Waals surface area contributed by atoms with Crippen LogP contribution in [-0.4, -0.2) is 30.2 Å². The fraction of sp³-hybridized carbons (Fsp3) is 0.300. The number of pyridine rings is 1. The quantitative estimate of drug-likeness (QED) is 0.778. The minimum Gasteiger partial charge on any atom is -0.481 e. The fourth-order valence-corrected chi connectivity index (χ4v) is 2.21. The maximum atomic E-state index is 11.5. The largest absolute Gasteiger partial charge is 0.481 e. The third-order valence-corrected chi connectivity index (χ3v) is 3.30. The van der Waals surface area contributed by atoms with E-state index >= 15 is 0 Å².